The molecular formula is C19H15NO4S2. The van der Waals surface area contributed by atoms with E-state index in [1.807, 2.05) is 18.2 Å². The molecule has 132 valence electrons. The van der Waals surface area contributed by atoms with Crippen LogP contribution in [0.2, 0.25) is 0 Å². The van der Waals surface area contributed by atoms with Gasteiger partial charge in [-0.15, -0.1) is 11.8 Å². The number of H-pyrrole nitrogens is 1. The second-order valence-electron chi connectivity index (χ2n) is 7.61. The second-order valence-corrected chi connectivity index (χ2v) is 9.81. The van der Waals surface area contributed by atoms with Crippen molar-refractivity contribution in [1.82, 2.24) is 4.98 Å². The summed E-state index contributed by atoms with van der Waals surface area (Å²) in [6.07, 6.45) is 0.904. The summed E-state index contributed by atoms with van der Waals surface area (Å²) in [5, 5.41) is 1.18. The highest BCUT2D eigenvalue weighted by Gasteiger charge is 2.69. The van der Waals surface area contributed by atoms with Crippen molar-refractivity contribution in [2.75, 3.05) is 0 Å². The van der Waals surface area contributed by atoms with Gasteiger partial charge in [0.25, 0.3) is 0 Å². The Bertz CT molecular complexity index is 996. The Morgan fingerprint density at radius 1 is 1.00 bits per heavy atom. The van der Waals surface area contributed by atoms with Crippen LogP contribution >= 0.6 is 23.1 Å². The van der Waals surface area contributed by atoms with Crippen LogP contribution in [0.3, 0.4) is 0 Å². The van der Waals surface area contributed by atoms with Crippen LogP contribution in [-0.4, -0.2) is 22.2 Å². The van der Waals surface area contributed by atoms with Crippen molar-refractivity contribution in [2.45, 2.75) is 22.6 Å². The fraction of sp³-hybridized carbons (Fsp3) is 0.421. The highest BCUT2D eigenvalue weighted by Crippen LogP contribution is 2.68. The van der Waals surface area contributed by atoms with E-state index in [1.54, 1.807) is 11.8 Å². The van der Waals surface area contributed by atoms with Crippen LogP contribution in [-0.2, 0) is 14.3 Å². The first-order valence-electron chi connectivity index (χ1n) is 8.83. The molecule has 2 aliphatic heterocycles. The molecule has 4 aliphatic rings. The summed E-state index contributed by atoms with van der Waals surface area (Å²) in [5.41, 5.74) is 1.18. The third-order valence-electron chi connectivity index (χ3n) is 6.62. The molecule has 1 aromatic heterocycles. The summed E-state index contributed by atoms with van der Waals surface area (Å²) in [6, 6.07) is 10.2. The Morgan fingerprint density at radius 2 is 1.73 bits per heavy atom. The molecule has 3 heterocycles. The molecule has 1 N–H and O–H groups in total. The lowest BCUT2D eigenvalue weighted by atomic mass is 9.68. The molecule has 3 fully saturated rings. The van der Waals surface area contributed by atoms with Gasteiger partial charge in [-0.25, -0.2) is 0 Å². The van der Waals surface area contributed by atoms with Gasteiger partial charge in [-0.3, -0.25) is 14.4 Å². The maximum absolute atomic E-state index is 12.3. The molecule has 2 aromatic rings. The van der Waals surface area contributed by atoms with Gasteiger partial charge in [0, 0.05) is 16.0 Å². The first-order chi connectivity index (χ1) is 12.6. The van der Waals surface area contributed by atoms with Crippen LogP contribution in [0.25, 0.3) is 0 Å². The maximum atomic E-state index is 12.3. The van der Waals surface area contributed by atoms with E-state index in [1.165, 1.54) is 16.9 Å². The molecule has 0 amide bonds. The van der Waals surface area contributed by atoms with Gasteiger partial charge in [0.2, 0.25) is 0 Å². The van der Waals surface area contributed by atoms with E-state index in [-0.39, 0.29) is 57.6 Å². The number of aromatic nitrogens is 1. The molecule has 6 rings (SSSR count). The lowest BCUT2D eigenvalue weighted by Crippen LogP contribution is -2.42. The average Bonchev–Trinajstić information content (AvgIpc) is 3.35. The number of ether oxygens (including phenoxy) is 1. The normalized spacial score (nSPS) is 39.5. The number of esters is 2. The van der Waals surface area contributed by atoms with E-state index >= 15 is 0 Å². The number of nitrogens with one attached hydrogen (secondary N) is 1. The molecule has 7 atom stereocenters. The van der Waals surface area contributed by atoms with Gasteiger partial charge in [0.05, 0.1) is 16.9 Å². The quantitative estimate of drug-likeness (QED) is 0.603. The third-order valence-corrected chi connectivity index (χ3v) is 9.21. The monoisotopic (exact) mass is 385 g/mol. The molecule has 2 saturated carbocycles. The summed E-state index contributed by atoms with van der Waals surface area (Å²) in [4.78, 5) is 40.6. The van der Waals surface area contributed by atoms with Crippen molar-refractivity contribution in [2.24, 2.45) is 29.6 Å². The molecule has 0 radical (unpaired) electrons. The number of rotatable bonds is 1. The lowest BCUT2D eigenvalue weighted by molar-refractivity contribution is -0.154. The first kappa shape index (κ1) is 15.2. The Hall–Kier alpha value is -1.86. The van der Waals surface area contributed by atoms with E-state index in [4.69, 9.17) is 4.74 Å². The number of carbonyl (C=O) groups is 2. The number of cyclic esters (lactones) is 2. The number of thiazole rings is 1. The van der Waals surface area contributed by atoms with Crippen LogP contribution in [0, 0.1) is 29.6 Å². The first-order valence-corrected chi connectivity index (χ1v) is 10.5. The van der Waals surface area contributed by atoms with Crippen molar-refractivity contribution in [3.63, 3.8) is 0 Å². The van der Waals surface area contributed by atoms with Gasteiger partial charge < -0.3 is 9.72 Å². The molecular weight excluding hydrogens is 370 g/mol. The van der Waals surface area contributed by atoms with E-state index in [9.17, 15) is 14.4 Å². The van der Waals surface area contributed by atoms with Crippen LogP contribution in [0.5, 0.6) is 0 Å². The van der Waals surface area contributed by atoms with E-state index in [0.29, 0.717) is 0 Å². The molecule has 5 nitrogen and oxygen atoms in total. The van der Waals surface area contributed by atoms with Crippen molar-refractivity contribution in [3.8, 4) is 0 Å². The van der Waals surface area contributed by atoms with E-state index in [0.717, 1.165) is 16.3 Å². The van der Waals surface area contributed by atoms with Crippen molar-refractivity contribution >= 4 is 35.0 Å². The molecule has 0 spiro atoms. The SMILES string of the molecule is O=C1OC(=O)C2C3CC(C4Sc5[nH]c(=O)sc5C(c5ccccc5)C34)C12. The highest BCUT2D eigenvalue weighted by molar-refractivity contribution is 8.00. The summed E-state index contributed by atoms with van der Waals surface area (Å²) in [5.74, 6) is -0.601. The Kier molecular flexibility index (Phi) is 2.99. The van der Waals surface area contributed by atoms with Gasteiger partial charge in [0.15, 0.2) is 0 Å². The van der Waals surface area contributed by atoms with Crippen LogP contribution in [0.15, 0.2) is 40.2 Å². The van der Waals surface area contributed by atoms with Crippen molar-refractivity contribution < 1.29 is 14.3 Å². The number of hydrogen-bond donors (Lipinski definition) is 1. The number of carbonyl (C=O) groups excluding carboxylic acids is 2. The van der Waals surface area contributed by atoms with Crippen LogP contribution in [0.4, 0.5) is 0 Å². The maximum Gasteiger partial charge on any atom is 0.317 e. The molecule has 1 aromatic carbocycles. The van der Waals surface area contributed by atoms with Gasteiger partial charge >= 0.3 is 16.8 Å². The number of aromatic amines is 1. The molecule has 2 aliphatic carbocycles. The molecule has 7 heteroatoms. The molecule has 1 saturated heterocycles. The Labute approximate surface area is 157 Å². The minimum atomic E-state index is -0.340. The third kappa shape index (κ3) is 1.80. The zero-order chi connectivity index (χ0) is 17.6. The zero-order valence-corrected chi connectivity index (χ0v) is 15.2. The zero-order valence-electron chi connectivity index (χ0n) is 13.6. The predicted octanol–water partition coefficient (Wildman–Crippen LogP) is 2.62. The van der Waals surface area contributed by atoms with Crippen molar-refractivity contribution in [1.29, 1.82) is 0 Å². The van der Waals surface area contributed by atoms with Gasteiger partial charge in [-0.05, 0) is 29.7 Å². The molecule has 26 heavy (non-hydrogen) atoms. The summed E-state index contributed by atoms with van der Waals surface area (Å²) >= 11 is 2.98. The Morgan fingerprint density at radius 3 is 2.50 bits per heavy atom. The summed E-state index contributed by atoms with van der Waals surface area (Å²) < 4.78 is 4.99. The second kappa shape index (κ2) is 5.10. The standard InChI is InChI=1S/C19H15NO4S2/c21-17-12-8-6-9(13(12)18(22)24-17)14-11(8)10(7-4-2-1-3-5-7)15-16(25-14)20-19(23)26-15/h1-5,8-14H,6H2,(H,20,23). The number of hydrogen-bond acceptors (Lipinski definition) is 6. The summed E-state index contributed by atoms with van der Waals surface area (Å²) in [6.45, 7) is 0. The van der Waals surface area contributed by atoms with Gasteiger partial charge in [-0.1, -0.05) is 41.7 Å². The molecule has 7 unspecified atom stereocenters. The van der Waals surface area contributed by atoms with Crippen molar-refractivity contribution in [3.05, 3.63) is 50.4 Å². The van der Waals surface area contributed by atoms with E-state index < -0.39 is 0 Å². The van der Waals surface area contributed by atoms with Gasteiger partial charge in [-0.2, -0.15) is 0 Å². The molecule has 2 bridgehead atoms. The predicted molar refractivity (Wildman–Crippen MR) is 96.0 cm³/mol. The number of benzene rings is 1. The minimum absolute atomic E-state index is 0.0357. The minimum Gasteiger partial charge on any atom is -0.393 e. The summed E-state index contributed by atoms with van der Waals surface area (Å²) in [7, 11) is 0. The fourth-order valence-corrected chi connectivity index (χ4v) is 8.74. The topological polar surface area (TPSA) is 76.2 Å². The Balaban J connectivity index is 1.53. The van der Waals surface area contributed by atoms with Gasteiger partial charge in [0.1, 0.15) is 0 Å². The average molecular weight is 385 g/mol. The smallest absolute Gasteiger partial charge is 0.317 e. The van der Waals surface area contributed by atoms with E-state index in [2.05, 4.69) is 17.1 Å². The number of thioether (sulfide) groups is 1. The largest absolute Gasteiger partial charge is 0.393 e. The highest BCUT2D eigenvalue weighted by atomic mass is 32.2. The fourth-order valence-electron chi connectivity index (χ4n) is 5.85. The van der Waals surface area contributed by atoms with Crippen LogP contribution < -0.4 is 4.87 Å². The lowest BCUT2D eigenvalue weighted by Gasteiger charge is -2.42. The number of fused-ring (bicyclic) bond motifs is 9. The van der Waals surface area contributed by atoms with Crippen LogP contribution in [0.1, 0.15) is 22.8 Å².